The Morgan fingerprint density at radius 2 is 1.50 bits per heavy atom. The summed E-state index contributed by atoms with van der Waals surface area (Å²) in [5.41, 5.74) is 14.9. The van der Waals surface area contributed by atoms with Crippen molar-refractivity contribution in [1.29, 1.82) is 0 Å². The Hall–Kier alpha value is -1.80. The van der Waals surface area contributed by atoms with Gasteiger partial charge < -0.3 is 11.5 Å². The molecule has 0 heterocycles. The lowest BCUT2D eigenvalue weighted by Crippen LogP contribution is -2.13. The van der Waals surface area contributed by atoms with Gasteiger partial charge in [0.25, 0.3) is 0 Å². The van der Waals surface area contributed by atoms with Gasteiger partial charge in [-0.1, -0.05) is 42.5 Å². The number of nitrogens with two attached hydrogens (primary N) is 2. The monoisotopic (exact) mass is 212 g/mol. The van der Waals surface area contributed by atoms with Gasteiger partial charge in [-0.15, -0.1) is 0 Å². The van der Waals surface area contributed by atoms with Crippen LogP contribution in [0, 0.1) is 0 Å². The fourth-order valence-electron chi connectivity index (χ4n) is 1.73. The largest absolute Gasteiger partial charge is 0.399 e. The average Bonchev–Trinajstić information content (AvgIpc) is 2.33. The molecule has 16 heavy (non-hydrogen) atoms. The van der Waals surface area contributed by atoms with Gasteiger partial charge in [-0.05, 0) is 29.7 Å². The number of rotatable bonds is 3. The number of benzene rings is 2. The Balaban J connectivity index is 2.08. The summed E-state index contributed by atoms with van der Waals surface area (Å²) < 4.78 is 0. The first kappa shape index (κ1) is 10.7. The summed E-state index contributed by atoms with van der Waals surface area (Å²) in [4.78, 5) is 0. The first-order valence-corrected chi connectivity index (χ1v) is 5.40. The summed E-state index contributed by atoms with van der Waals surface area (Å²) in [7, 11) is 0. The topological polar surface area (TPSA) is 52.0 Å². The van der Waals surface area contributed by atoms with E-state index < -0.39 is 0 Å². The zero-order valence-corrected chi connectivity index (χ0v) is 9.14. The molecule has 0 radical (unpaired) electrons. The Morgan fingerprint density at radius 1 is 0.875 bits per heavy atom. The minimum atomic E-state index is 0.0461. The third-order valence-corrected chi connectivity index (χ3v) is 2.66. The molecule has 2 nitrogen and oxygen atoms in total. The van der Waals surface area contributed by atoms with Crippen LogP contribution >= 0.6 is 0 Å². The molecular formula is C14H16N2. The molecule has 1 atom stereocenters. The molecule has 82 valence electrons. The van der Waals surface area contributed by atoms with Crippen molar-refractivity contribution < 1.29 is 0 Å². The molecule has 0 aliphatic rings. The van der Waals surface area contributed by atoms with Crippen molar-refractivity contribution in [3.8, 4) is 0 Å². The zero-order valence-electron chi connectivity index (χ0n) is 9.14. The van der Waals surface area contributed by atoms with E-state index in [0.717, 1.165) is 12.1 Å². The number of hydrogen-bond acceptors (Lipinski definition) is 2. The summed E-state index contributed by atoms with van der Waals surface area (Å²) in [6, 6.07) is 18.1. The first-order chi connectivity index (χ1) is 7.75. The van der Waals surface area contributed by atoms with Crippen LogP contribution < -0.4 is 11.5 Å². The molecule has 0 fully saturated rings. The van der Waals surface area contributed by atoms with Gasteiger partial charge in [0.05, 0.1) is 0 Å². The Morgan fingerprint density at radius 3 is 2.12 bits per heavy atom. The van der Waals surface area contributed by atoms with E-state index >= 15 is 0 Å². The van der Waals surface area contributed by atoms with Crippen LogP contribution in [0.5, 0.6) is 0 Å². The SMILES string of the molecule is Nc1ccc(CC(N)c2ccccc2)cc1. The smallest absolute Gasteiger partial charge is 0.0335 e. The van der Waals surface area contributed by atoms with E-state index in [9.17, 15) is 0 Å². The molecular weight excluding hydrogens is 196 g/mol. The highest BCUT2D eigenvalue weighted by Gasteiger charge is 2.05. The number of nitrogen functional groups attached to an aromatic ring is 1. The third kappa shape index (κ3) is 2.61. The lowest BCUT2D eigenvalue weighted by molar-refractivity contribution is 0.722. The van der Waals surface area contributed by atoms with Crippen LogP contribution in [0.25, 0.3) is 0 Å². The standard InChI is InChI=1S/C14H16N2/c15-13-8-6-11(7-9-13)10-14(16)12-4-2-1-3-5-12/h1-9,14H,10,15-16H2. The lowest BCUT2D eigenvalue weighted by atomic mass is 10.00. The van der Waals surface area contributed by atoms with E-state index in [1.165, 1.54) is 11.1 Å². The van der Waals surface area contributed by atoms with Crippen LogP contribution in [0.1, 0.15) is 17.2 Å². The van der Waals surface area contributed by atoms with Crippen LogP contribution in [-0.2, 0) is 6.42 Å². The van der Waals surface area contributed by atoms with Crippen LogP contribution in [0.4, 0.5) is 5.69 Å². The van der Waals surface area contributed by atoms with E-state index in [2.05, 4.69) is 12.1 Å². The predicted octanol–water partition coefficient (Wildman–Crippen LogP) is 2.51. The van der Waals surface area contributed by atoms with Gasteiger partial charge in [-0.3, -0.25) is 0 Å². The maximum Gasteiger partial charge on any atom is 0.0335 e. The number of anilines is 1. The zero-order chi connectivity index (χ0) is 11.4. The fourth-order valence-corrected chi connectivity index (χ4v) is 1.73. The van der Waals surface area contributed by atoms with Crippen LogP contribution in [0.2, 0.25) is 0 Å². The highest BCUT2D eigenvalue weighted by Crippen LogP contribution is 2.16. The molecule has 0 bridgehead atoms. The Kier molecular flexibility index (Phi) is 3.22. The molecule has 0 aliphatic carbocycles. The van der Waals surface area contributed by atoms with Gasteiger partial charge in [0.1, 0.15) is 0 Å². The maximum absolute atomic E-state index is 6.13. The molecule has 0 saturated heterocycles. The second kappa shape index (κ2) is 4.81. The molecule has 0 aromatic heterocycles. The van der Waals surface area contributed by atoms with Gasteiger partial charge >= 0.3 is 0 Å². The lowest BCUT2D eigenvalue weighted by Gasteiger charge is -2.12. The van der Waals surface area contributed by atoms with Crippen LogP contribution in [0.15, 0.2) is 54.6 Å². The first-order valence-electron chi connectivity index (χ1n) is 5.40. The molecule has 2 rings (SSSR count). The van der Waals surface area contributed by atoms with Crippen molar-refractivity contribution >= 4 is 5.69 Å². The molecule has 0 spiro atoms. The summed E-state index contributed by atoms with van der Waals surface area (Å²) in [6.45, 7) is 0. The molecule has 4 N–H and O–H groups in total. The number of hydrogen-bond donors (Lipinski definition) is 2. The third-order valence-electron chi connectivity index (χ3n) is 2.66. The second-order valence-corrected chi connectivity index (χ2v) is 3.96. The van der Waals surface area contributed by atoms with Gasteiger partial charge in [0.15, 0.2) is 0 Å². The molecule has 2 aromatic rings. The molecule has 2 aromatic carbocycles. The van der Waals surface area contributed by atoms with Crippen LogP contribution in [-0.4, -0.2) is 0 Å². The van der Waals surface area contributed by atoms with Gasteiger partial charge in [0, 0.05) is 11.7 Å². The Bertz CT molecular complexity index is 434. The van der Waals surface area contributed by atoms with E-state index in [1.807, 2.05) is 42.5 Å². The van der Waals surface area contributed by atoms with Crippen LogP contribution in [0.3, 0.4) is 0 Å². The quantitative estimate of drug-likeness (QED) is 0.768. The molecule has 0 amide bonds. The highest BCUT2D eigenvalue weighted by molar-refractivity contribution is 5.39. The molecule has 1 unspecified atom stereocenters. The highest BCUT2D eigenvalue weighted by atomic mass is 14.6. The minimum Gasteiger partial charge on any atom is -0.399 e. The second-order valence-electron chi connectivity index (χ2n) is 3.96. The van der Waals surface area contributed by atoms with Gasteiger partial charge in [-0.2, -0.15) is 0 Å². The van der Waals surface area contributed by atoms with Crippen molar-refractivity contribution in [1.82, 2.24) is 0 Å². The minimum absolute atomic E-state index is 0.0461. The molecule has 0 aliphatic heterocycles. The summed E-state index contributed by atoms with van der Waals surface area (Å²) in [6.07, 6.45) is 0.838. The van der Waals surface area contributed by atoms with Crippen molar-refractivity contribution in [3.63, 3.8) is 0 Å². The van der Waals surface area contributed by atoms with Gasteiger partial charge in [0.2, 0.25) is 0 Å². The van der Waals surface area contributed by atoms with E-state index in [0.29, 0.717) is 0 Å². The summed E-state index contributed by atoms with van der Waals surface area (Å²) >= 11 is 0. The van der Waals surface area contributed by atoms with Gasteiger partial charge in [-0.25, -0.2) is 0 Å². The predicted molar refractivity (Wildman–Crippen MR) is 67.9 cm³/mol. The molecule has 0 saturated carbocycles. The molecule has 2 heteroatoms. The van der Waals surface area contributed by atoms with Crippen molar-refractivity contribution in [2.24, 2.45) is 5.73 Å². The Labute approximate surface area is 95.9 Å². The van der Waals surface area contributed by atoms with Crippen molar-refractivity contribution in [3.05, 3.63) is 65.7 Å². The van der Waals surface area contributed by atoms with E-state index in [-0.39, 0.29) is 6.04 Å². The normalized spacial score (nSPS) is 12.3. The fraction of sp³-hybridized carbons (Fsp3) is 0.143. The average molecular weight is 212 g/mol. The summed E-state index contributed by atoms with van der Waals surface area (Å²) in [5, 5.41) is 0. The van der Waals surface area contributed by atoms with Crippen molar-refractivity contribution in [2.45, 2.75) is 12.5 Å². The van der Waals surface area contributed by atoms with Crippen molar-refractivity contribution in [2.75, 3.05) is 5.73 Å². The summed E-state index contributed by atoms with van der Waals surface area (Å²) in [5.74, 6) is 0. The van der Waals surface area contributed by atoms with E-state index in [1.54, 1.807) is 0 Å². The van der Waals surface area contributed by atoms with E-state index in [4.69, 9.17) is 11.5 Å². The maximum atomic E-state index is 6.13.